The summed E-state index contributed by atoms with van der Waals surface area (Å²) in [7, 11) is 0. The highest BCUT2D eigenvalue weighted by Gasteiger charge is 2.30. The van der Waals surface area contributed by atoms with Crippen molar-refractivity contribution in [3.05, 3.63) is 0 Å². The van der Waals surface area contributed by atoms with Crippen LogP contribution in [0.15, 0.2) is 0 Å². The monoisotopic (exact) mass is 336 g/mol. The average molecular weight is 337 g/mol. The van der Waals surface area contributed by atoms with Crippen molar-refractivity contribution in [2.75, 3.05) is 6.61 Å². The van der Waals surface area contributed by atoms with Crippen molar-refractivity contribution in [3.8, 4) is 0 Å². The second-order valence-electron chi connectivity index (χ2n) is 8.74. The van der Waals surface area contributed by atoms with E-state index in [1.165, 1.54) is 103 Å². The Morgan fingerprint density at radius 2 is 1.21 bits per heavy atom. The lowest BCUT2D eigenvalue weighted by molar-refractivity contribution is 0.00538. The Morgan fingerprint density at radius 3 is 1.83 bits per heavy atom. The van der Waals surface area contributed by atoms with Crippen molar-refractivity contribution in [2.45, 2.75) is 123 Å². The minimum Gasteiger partial charge on any atom is -0.378 e. The number of hydrogen-bond acceptors (Lipinski definition) is 1. The minimum absolute atomic E-state index is 0.591. The van der Waals surface area contributed by atoms with Crippen LogP contribution in [0.25, 0.3) is 0 Å². The summed E-state index contributed by atoms with van der Waals surface area (Å²) in [4.78, 5) is 0. The Hall–Kier alpha value is -0.0400. The van der Waals surface area contributed by atoms with E-state index in [0.29, 0.717) is 6.10 Å². The third-order valence-corrected chi connectivity index (χ3v) is 6.84. The van der Waals surface area contributed by atoms with Gasteiger partial charge in [0.25, 0.3) is 0 Å². The van der Waals surface area contributed by atoms with Gasteiger partial charge in [-0.15, -0.1) is 0 Å². The predicted molar refractivity (Wildman–Crippen MR) is 105 cm³/mol. The van der Waals surface area contributed by atoms with E-state index in [1.54, 1.807) is 0 Å². The van der Waals surface area contributed by atoms with Crippen molar-refractivity contribution in [1.82, 2.24) is 0 Å². The quantitative estimate of drug-likeness (QED) is 0.354. The lowest BCUT2D eigenvalue weighted by Gasteiger charge is -2.38. The van der Waals surface area contributed by atoms with Crippen LogP contribution < -0.4 is 0 Å². The highest BCUT2D eigenvalue weighted by atomic mass is 16.5. The molecular formula is C23H44O. The first kappa shape index (κ1) is 20.3. The fourth-order valence-corrected chi connectivity index (χ4v) is 5.14. The first-order valence-electron chi connectivity index (χ1n) is 11.4. The van der Waals surface area contributed by atoms with Gasteiger partial charge in [0.05, 0.1) is 6.10 Å². The average Bonchev–Trinajstić information content (AvgIpc) is 2.64. The zero-order valence-corrected chi connectivity index (χ0v) is 16.7. The molecule has 0 aromatic carbocycles. The summed E-state index contributed by atoms with van der Waals surface area (Å²) < 4.78 is 6.10. The van der Waals surface area contributed by atoms with Crippen LogP contribution in [0.5, 0.6) is 0 Å². The van der Waals surface area contributed by atoms with E-state index in [9.17, 15) is 0 Å². The molecule has 2 rings (SSSR count). The number of unbranched alkanes of at least 4 members (excludes halogenated alkanes) is 5. The molecule has 2 aliphatic carbocycles. The van der Waals surface area contributed by atoms with Gasteiger partial charge in [-0.05, 0) is 62.7 Å². The summed E-state index contributed by atoms with van der Waals surface area (Å²) in [5, 5.41) is 0. The number of hydrogen-bond donors (Lipinski definition) is 0. The summed E-state index contributed by atoms with van der Waals surface area (Å²) in [5.74, 6) is 3.15. The summed E-state index contributed by atoms with van der Waals surface area (Å²) in [6, 6.07) is 0. The third kappa shape index (κ3) is 7.46. The van der Waals surface area contributed by atoms with E-state index in [1.807, 2.05) is 0 Å². The predicted octanol–water partition coefficient (Wildman–Crippen LogP) is 7.53. The van der Waals surface area contributed by atoms with Crippen molar-refractivity contribution in [2.24, 2.45) is 17.8 Å². The van der Waals surface area contributed by atoms with Gasteiger partial charge in [0.2, 0.25) is 0 Å². The standard InChI is InChI=1S/C23H44O/c1-3-5-7-8-10-20-11-13-21(14-12-20)22-15-17-23(18-16-22)24-19-9-6-4-2/h20-23H,3-19H2,1-2H3/t20?,21?,22-,23-. The molecule has 2 aliphatic rings. The molecular weight excluding hydrogens is 292 g/mol. The van der Waals surface area contributed by atoms with Crippen LogP contribution in [0.3, 0.4) is 0 Å². The lowest BCUT2D eigenvalue weighted by atomic mass is 9.70. The smallest absolute Gasteiger partial charge is 0.0575 e. The zero-order chi connectivity index (χ0) is 17.0. The molecule has 0 unspecified atom stereocenters. The molecule has 0 radical (unpaired) electrons. The zero-order valence-electron chi connectivity index (χ0n) is 16.7. The van der Waals surface area contributed by atoms with Crippen LogP contribution in [0.4, 0.5) is 0 Å². The molecule has 142 valence electrons. The maximum Gasteiger partial charge on any atom is 0.0575 e. The molecule has 0 amide bonds. The van der Waals surface area contributed by atoms with Gasteiger partial charge in [-0.25, -0.2) is 0 Å². The van der Waals surface area contributed by atoms with Crippen molar-refractivity contribution in [1.29, 1.82) is 0 Å². The molecule has 0 N–H and O–H groups in total. The van der Waals surface area contributed by atoms with E-state index in [0.717, 1.165) is 24.4 Å². The largest absolute Gasteiger partial charge is 0.378 e. The summed E-state index contributed by atoms with van der Waals surface area (Å²) in [6.45, 7) is 5.59. The molecule has 0 spiro atoms. The maximum absolute atomic E-state index is 6.10. The number of rotatable bonds is 11. The highest BCUT2D eigenvalue weighted by Crippen LogP contribution is 2.41. The normalized spacial score (nSPS) is 31.2. The van der Waals surface area contributed by atoms with Crippen molar-refractivity contribution >= 4 is 0 Å². The Kier molecular flexibility index (Phi) is 10.4. The Balaban J connectivity index is 1.54. The molecule has 1 heteroatoms. The van der Waals surface area contributed by atoms with Gasteiger partial charge in [-0.1, -0.05) is 71.6 Å². The topological polar surface area (TPSA) is 9.23 Å². The minimum atomic E-state index is 0.591. The van der Waals surface area contributed by atoms with Gasteiger partial charge in [0.1, 0.15) is 0 Å². The molecule has 0 bridgehead atoms. The van der Waals surface area contributed by atoms with Gasteiger partial charge >= 0.3 is 0 Å². The molecule has 0 saturated heterocycles. The molecule has 0 aromatic rings. The SMILES string of the molecule is CCCCCCC1CCC([C@H]2CC[C@H](OCCCCC)CC2)CC1. The first-order valence-corrected chi connectivity index (χ1v) is 11.4. The first-order chi connectivity index (χ1) is 11.8. The summed E-state index contributed by atoms with van der Waals surface area (Å²) in [5.41, 5.74) is 0. The highest BCUT2D eigenvalue weighted by molar-refractivity contribution is 4.82. The molecule has 1 nitrogen and oxygen atoms in total. The van der Waals surface area contributed by atoms with E-state index in [4.69, 9.17) is 4.74 Å². The fourth-order valence-electron chi connectivity index (χ4n) is 5.14. The van der Waals surface area contributed by atoms with Crippen molar-refractivity contribution in [3.63, 3.8) is 0 Å². The van der Waals surface area contributed by atoms with Crippen LogP contribution in [-0.4, -0.2) is 12.7 Å². The summed E-state index contributed by atoms with van der Waals surface area (Å²) >= 11 is 0. The molecule has 0 atom stereocenters. The molecule has 2 saturated carbocycles. The molecule has 0 aromatic heterocycles. The molecule has 0 heterocycles. The van der Waals surface area contributed by atoms with Crippen LogP contribution in [-0.2, 0) is 4.74 Å². The van der Waals surface area contributed by atoms with E-state index < -0.39 is 0 Å². The van der Waals surface area contributed by atoms with Crippen LogP contribution in [0.2, 0.25) is 0 Å². The molecule has 0 aliphatic heterocycles. The second kappa shape index (κ2) is 12.3. The Morgan fingerprint density at radius 1 is 0.625 bits per heavy atom. The fraction of sp³-hybridized carbons (Fsp3) is 1.00. The number of ether oxygens (including phenoxy) is 1. The van der Waals surface area contributed by atoms with Gasteiger partial charge in [-0.3, -0.25) is 0 Å². The van der Waals surface area contributed by atoms with E-state index >= 15 is 0 Å². The van der Waals surface area contributed by atoms with Crippen LogP contribution in [0, 0.1) is 17.8 Å². The van der Waals surface area contributed by atoms with Gasteiger partial charge in [-0.2, -0.15) is 0 Å². The van der Waals surface area contributed by atoms with E-state index in [-0.39, 0.29) is 0 Å². The summed E-state index contributed by atoms with van der Waals surface area (Å²) in [6.07, 6.45) is 23.5. The van der Waals surface area contributed by atoms with Crippen molar-refractivity contribution < 1.29 is 4.74 Å². The molecule has 2 fully saturated rings. The lowest BCUT2D eigenvalue weighted by Crippen LogP contribution is -2.28. The second-order valence-corrected chi connectivity index (χ2v) is 8.74. The van der Waals surface area contributed by atoms with Crippen LogP contribution in [0.1, 0.15) is 117 Å². The van der Waals surface area contributed by atoms with Gasteiger partial charge in [0.15, 0.2) is 0 Å². The Labute approximate surface area is 152 Å². The third-order valence-electron chi connectivity index (χ3n) is 6.84. The molecule has 24 heavy (non-hydrogen) atoms. The van der Waals surface area contributed by atoms with E-state index in [2.05, 4.69) is 13.8 Å². The maximum atomic E-state index is 6.10. The van der Waals surface area contributed by atoms with Gasteiger partial charge in [0, 0.05) is 6.61 Å². The van der Waals surface area contributed by atoms with Gasteiger partial charge < -0.3 is 4.74 Å². The van der Waals surface area contributed by atoms with Crippen LogP contribution >= 0.6 is 0 Å². The Bertz CT molecular complexity index is 254.